The first-order valence-corrected chi connectivity index (χ1v) is 9.29. The maximum Gasteiger partial charge on any atom is 0.247 e. The Morgan fingerprint density at radius 1 is 1.00 bits per heavy atom. The molecule has 144 valence electrons. The van der Waals surface area contributed by atoms with E-state index in [9.17, 15) is 9.90 Å². The second-order valence-corrected chi connectivity index (χ2v) is 7.98. The highest BCUT2D eigenvalue weighted by Gasteiger charge is 2.31. The van der Waals surface area contributed by atoms with Crippen LogP contribution in [-0.4, -0.2) is 35.2 Å². The van der Waals surface area contributed by atoms with Gasteiger partial charge < -0.3 is 10.0 Å². The third-order valence-corrected chi connectivity index (χ3v) is 4.39. The van der Waals surface area contributed by atoms with Crippen LogP contribution in [0.4, 0.5) is 0 Å². The Labute approximate surface area is 162 Å². The van der Waals surface area contributed by atoms with Crippen LogP contribution in [0.15, 0.2) is 65.7 Å². The molecule has 0 heterocycles. The summed E-state index contributed by atoms with van der Waals surface area (Å²) in [6.07, 6.45) is 0.982. The second kappa shape index (κ2) is 8.96. The summed E-state index contributed by atoms with van der Waals surface area (Å²) in [7, 11) is 1.73. The van der Waals surface area contributed by atoms with E-state index < -0.39 is 18.2 Å². The predicted molar refractivity (Wildman–Crippen MR) is 111 cm³/mol. The van der Waals surface area contributed by atoms with Crippen molar-refractivity contribution in [3.05, 3.63) is 71.8 Å². The zero-order valence-corrected chi connectivity index (χ0v) is 16.8. The molecule has 2 aromatic carbocycles. The van der Waals surface area contributed by atoms with Crippen molar-refractivity contribution in [1.82, 2.24) is 4.90 Å². The number of aliphatic imine (C=N–C) groups is 1. The van der Waals surface area contributed by atoms with Gasteiger partial charge in [0.25, 0.3) is 0 Å². The minimum Gasteiger partial charge on any atom is -0.386 e. The third kappa shape index (κ3) is 5.76. The molecule has 0 aliphatic carbocycles. The lowest BCUT2D eigenvalue weighted by molar-refractivity contribution is -0.135. The Bertz CT molecular complexity index is 751. The van der Waals surface area contributed by atoms with Crippen LogP contribution in [0, 0.1) is 5.41 Å². The van der Waals surface area contributed by atoms with Crippen LogP contribution in [0.25, 0.3) is 0 Å². The van der Waals surface area contributed by atoms with Crippen molar-refractivity contribution < 1.29 is 9.90 Å². The topological polar surface area (TPSA) is 52.9 Å². The number of carbonyl (C=O) groups excluding carboxylic acids is 1. The molecule has 27 heavy (non-hydrogen) atoms. The van der Waals surface area contributed by atoms with Crippen molar-refractivity contribution in [2.24, 2.45) is 10.4 Å². The maximum absolute atomic E-state index is 13.0. The van der Waals surface area contributed by atoms with Crippen LogP contribution >= 0.6 is 0 Å². The normalized spacial score (nSPS) is 15.3. The highest BCUT2D eigenvalue weighted by Crippen LogP contribution is 2.33. The van der Waals surface area contributed by atoms with Crippen molar-refractivity contribution in [1.29, 1.82) is 0 Å². The van der Waals surface area contributed by atoms with E-state index >= 15 is 0 Å². The molecule has 1 amide bonds. The SMILES string of the molecule is C[C@H](N=CC(C)(C)C)C(=O)N(C)[C@@H](c1ccccc1)[C@@H](O)c1ccccc1. The molecule has 0 bridgehead atoms. The largest absolute Gasteiger partial charge is 0.386 e. The first-order chi connectivity index (χ1) is 12.7. The number of hydrogen-bond acceptors (Lipinski definition) is 3. The predicted octanol–water partition coefficient (Wildman–Crippen LogP) is 4.43. The van der Waals surface area contributed by atoms with E-state index in [1.165, 1.54) is 0 Å². The van der Waals surface area contributed by atoms with Gasteiger partial charge in [0.15, 0.2) is 0 Å². The highest BCUT2D eigenvalue weighted by molar-refractivity contribution is 5.83. The summed E-state index contributed by atoms with van der Waals surface area (Å²) >= 11 is 0. The minimum absolute atomic E-state index is 0.0878. The van der Waals surface area contributed by atoms with Crippen molar-refractivity contribution in [3.63, 3.8) is 0 Å². The van der Waals surface area contributed by atoms with Gasteiger partial charge in [-0.25, -0.2) is 0 Å². The lowest BCUT2D eigenvalue weighted by atomic mass is 9.94. The molecule has 0 aromatic heterocycles. The van der Waals surface area contributed by atoms with Crippen molar-refractivity contribution in [2.45, 2.75) is 45.9 Å². The molecule has 1 N–H and O–H groups in total. The smallest absolute Gasteiger partial charge is 0.247 e. The number of amides is 1. The van der Waals surface area contributed by atoms with E-state index in [0.29, 0.717) is 0 Å². The summed E-state index contributed by atoms with van der Waals surface area (Å²) in [4.78, 5) is 19.0. The fourth-order valence-corrected chi connectivity index (χ4v) is 2.93. The van der Waals surface area contributed by atoms with Gasteiger partial charge in [-0.05, 0) is 23.5 Å². The summed E-state index contributed by atoms with van der Waals surface area (Å²) in [5.41, 5.74) is 1.57. The Morgan fingerprint density at radius 2 is 1.48 bits per heavy atom. The molecule has 0 saturated carbocycles. The van der Waals surface area contributed by atoms with E-state index in [-0.39, 0.29) is 11.3 Å². The van der Waals surface area contributed by atoms with Crippen molar-refractivity contribution in [2.75, 3.05) is 7.05 Å². The number of aliphatic hydroxyl groups excluding tert-OH is 1. The van der Waals surface area contributed by atoms with Crippen LogP contribution in [0.5, 0.6) is 0 Å². The summed E-state index contributed by atoms with van der Waals surface area (Å²) in [6, 6.07) is 18.1. The summed E-state index contributed by atoms with van der Waals surface area (Å²) in [5.74, 6) is -0.126. The van der Waals surface area contributed by atoms with Crippen LogP contribution in [0.3, 0.4) is 0 Å². The van der Waals surface area contributed by atoms with Gasteiger partial charge in [-0.1, -0.05) is 81.4 Å². The maximum atomic E-state index is 13.0. The molecule has 0 unspecified atom stereocenters. The Balaban J connectivity index is 2.33. The quantitative estimate of drug-likeness (QED) is 0.769. The van der Waals surface area contributed by atoms with Gasteiger partial charge in [0.1, 0.15) is 12.1 Å². The molecule has 0 aliphatic rings. The van der Waals surface area contributed by atoms with Crippen LogP contribution < -0.4 is 0 Å². The molecular formula is C23H30N2O2. The Morgan fingerprint density at radius 3 is 1.96 bits per heavy atom. The fourth-order valence-electron chi connectivity index (χ4n) is 2.93. The molecule has 3 atom stereocenters. The zero-order chi connectivity index (χ0) is 20.0. The van der Waals surface area contributed by atoms with Gasteiger partial charge in [-0.15, -0.1) is 0 Å². The van der Waals surface area contributed by atoms with E-state index in [1.54, 1.807) is 18.9 Å². The van der Waals surface area contributed by atoms with E-state index in [1.807, 2.05) is 87.6 Å². The van der Waals surface area contributed by atoms with Gasteiger partial charge in [0.05, 0.1) is 6.04 Å². The van der Waals surface area contributed by atoms with Gasteiger partial charge >= 0.3 is 0 Å². The molecule has 2 aromatic rings. The first kappa shape index (κ1) is 20.8. The molecule has 2 rings (SSSR count). The van der Waals surface area contributed by atoms with Crippen LogP contribution in [0.1, 0.15) is 51.0 Å². The summed E-state index contributed by atoms with van der Waals surface area (Å²) in [6.45, 7) is 7.92. The zero-order valence-electron chi connectivity index (χ0n) is 16.8. The molecular weight excluding hydrogens is 336 g/mol. The molecule has 0 aliphatic heterocycles. The lowest BCUT2D eigenvalue weighted by Gasteiger charge is -2.33. The molecule has 4 heteroatoms. The van der Waals surface area contributed by atoms with Crippen molar-refractivity contribution >= 4 is 12.1 Å². The fraction of sp³-hybridized carbons (Fsp3) is 0.391. The average molecular weight is 367 g/mol. The van der Waals surface area contributed by atoms with E-state index in [0.717, 1.165) is 11.1 Å². The molecule has 0 saturated heterocycles. The number of likely N-dealkylation sites (N-methyl/N-ethyl adjacent to an activating group) is 1. The molecule has 4 nitrogen and oxygen atoms in total. The van der Waals surface area contributed by atoms with Gasteiger partial charge in [0, 0.05) is 13.3 Å². The number of carbonyl (C=O) groups is 1. The number of benzene rings is 2. The third-order valence-electron chi connectivity index (χ3n) is 4.39. The number of rotatable bonds is 6. The van der Waals surface area contributed by atoms with Crippen LogP contribution in [0.2, 0.25) is 0 Å². The summed E-state index contributed by atoms with van der Waals surface area (Å²) in [5, 5.41) is 11.1. The molecule has 0 radical (unpaired) electrons. The highest BCUT2D eigenvalue weighted by atomic mass is 16.3. The van der Waals surface area contributed by atoms with Crippen LogP contribution in [-0.2, 0) is 4.79 Å². The van der Waals surface area contributed by atoms with Gasteiger partial charge in [0.2, 0.25) is 5.91 Å². The molecule has 0 spiro atoms. The van der Waals surface area contributed by atoms with E-state index in [4.69, 9.17) is 0 Å². The number of hydrogen-bond donors (Lipinski definition) is 1. The Hall–Kier alpha value is -2.46. The standard InChI is InChI=1S/C23H30N2O2/c1-17(24-16-23(2,3)4)22(27)25(5)20(18-12-8-6-9-13-18)21(26)19-14-10-7-11-15-19/h6-17,20-21,26H,1-5H3/t17-,20-,21-/m0/s1. The van der Waals surface area contributed by atoms with Gasteiger partial charge in [-0.2, -0.15) is 0 Å². The lowest BCUT2D eigenvalue weighted by Crippen LogP contribution is -2.39. The monoisotopic (exact) mass is 366 g/mol. The van der Waals surface area contributed by atoms with E-state index in [2.05, 4.69) is 4.99 Å². The second-order valence-electron chi connectivity index (χ2n) is 7.98. The minimum atomic E-state index is -0.832. The molecule has 0 fully saturated rings. The van der Waals surface area contributed by atoms with Gasteiger partial charge in [-0.3, -0.25) is 9.79 Å². The van der Waals surface area contributed by atoms with Crippen molar-refractivity contribution in [3.8, 4) is 0 Å². The summed E-state index contributed by atoms with van der Waals surface area (Å²) < 4.78 is 0. The number of nitrogens with zero attached hydrogens (tertiary/aromatic N) is 2. The average Bonchev–Trinajstić information content (AvgIpc) is 2.66. The number of aliphatic hydroxyl groups is 1. The first-order valence-electron chi connectivity index (χ1n) is 9.29. The Kier molecular flexibility index (Phi) is 6.92.